The molecular weight excluding hydrogens is 220 g/mol. The Morgan fingerprint density at radius 3 is 3.00 bits per heavy atom. The van der Waals surface area contributed by atoms with E-state index in [1.54, 1.807) is 4.40 Å². The normalized spacial score (nSPS) is 12.9. The first-order valence-corrected chi connectivity index (χ1v) is 4.44. The van der Waals surface area contributed by atoms with Crippen LogP contribution in [-0.4, -0.2) is 25.4 Å². The third-order valence-corrected chi connectivity index (χ3v) is 2.11. The highest BCUT2D eigenvalue weighted by Gasteiger charge is 2.17. The highest BCUT2D eigenvalue weighted by molar-refractivity contribution is 6.29. The largest absolute Gasteiger partial charge is 0.480 e. The van der Waals surface area contributed by atoms with Crippen molar-refractivity contribution in [2.75, 3.05) is 0 Å². The molecule has 0 aliphatic rings. The molecule has 3 N–H and O–H groups in total. The molecule has 2 aromatic rings. The Bertz CT molecular complexity index is 524. The van der Waals surface area contributed by atoms with E-state index >= 15 is 0 Å². The summed E-state index contributed by atoms with van der Waals surface area (Å²) in [6, 6.07) is -1.14. The van der Waals surface area contributed by atoms with Crippen LogP contribution in [0.1, 0.15) is 11.7 Å². The van der Waals surface area contributed by atoms with Crippen molar-refractivity contribution < 1.29 is 9.90 Å². The number of rotatable bonds is 2. The Balaban J connectivity index is 2.51. The van der Waals surface area contributed by atoms with E-state index in [2.05, 4.69) is 9.97 Å². The van der Waals surface area contributed by atoms with Gasteiger partial charge in [-0.1, -0.05) is 11.6 Å². The van der Waals surface area contributed by atoms with Gasteiger partial charge in [-0.15, -0.1) is 0 Å². The minimum atomic E-state index is -1.14. The number of aromatic nitrogens is 3. The molecule has 0 saturated heterocycles. The summed E-state index contributed by atoms with van der Waals surface area (Å²) in [6.45, 7) is 0. The summed E-state index contributed by atoms with van der Waals surface area (Å²) in [4.78, 5) is 18.5. The van der Waals surface area contributed by atoms with E-state index in [0.29, 0.717) is 10.8 Å². The number of hydrogen-bond acceptors (Lipinski definition) is 4. The molecule has 0 aliphatic heterocycles. The first kappa shape index (κ1) is 9.88. The molecule has 2 aromatic heterocycles. The standard InChI is InChI=1S/C8H7ClN4O2/c9-5-3-13-2-4(7(10)8(14)15)12-6(13)1-11-5/h1-3,7H,10H2,(H,14,15). The quantitative estimate of drug-likeness (QED) is 0.776. The number of halogens is 1. The number of aliphatic carboxylic acids is 1. The van der Waals surface area contributed by atoms with E-state index in [0.717, 1.165) is 0 Å². The van der Waals surface area contributed by atoms with E-state index in [1.165, 1.54) is 18.6 Å². The minimum absolute atomic E-state index is 0.270. The van der Waals surface area contributed by atoms with E-state index in [4.69, 9.17) is 22.4 Å². The molecule has 2 heterocycles. The van der Waals surface area contributed by atoms with Gasteiger partial charge in [0.2, 0.25) is 0 Å². The van der Waals surface area contributed by atoms with Crippen LogP contribution >= 0.6 is 11.6 Å². The monoisotopic (exact) mass is 226 g/mol. The fourth-order valence-corrected chi connectivity index (χ4v) is 1.32. The van der Waals surface area contributed by atoms with Crippen molar-refractivity contribution in [2.24, 2.45) is 5.73 Å². The molecule has 0 fully saturated rings. The first-order valence-electron chi connectivity index (χ1n) is 4.06. The van der Waals surface area contributed by atoms with Crippen LogP contribution in [-0.2, 0) is 4.79 Å². The molecule has 0 bridgehead atoms. The van der Waals surface area contributed by atoms with Gasteiger partial charge in [-0.05, 0) is 0 Å². The topological polar surface area (TPSA) is 93.5 Å². The molecule has 0 aromatic carbocycles. The van der Waals surface area contributed by atoms with E-state index in [-0.39, 0.29) is 5.69 Å². The highest BCUT2D eigenvalue weighted by atomic mass is 35.5. The van der Waals surface area contributed by atoms with Gasteiger partial charge in [0.15, 0.2) is 5.65 Å². The Kier molecular flexibility index (Phi) is 2.29. The maximum absolute atomic E-state index is 10.6. The summed E-state index contributed by atoms with van der Waals surface area (Å²) >= 11 is 5.66. The van der Waals surface area contributed by atoms with Crippen LogP contribution in [0.15, 0.2) is 18.6 Å². The fraction of sp³-hybridized carbons (Fsp3) is 0.125. The Morgan fingerprint density at radius 2 is 2.33 bits per heavy atom. The van der Waals surface area contributed by atoms with Gasteiger partial charge in [-0.2, -0.15) is 0 Å². The van der Waals surface area contributed by atoms with E-state index in [1.807, 2.05) is 0 Å². The molecule has 0 spiro atoms. The zero-order valence-corrected chi connectivity index (χ0v) is 8.22. The van der Waals surface area contributed by atoms with Crippen LogP contribution in [0.25, 0.3) is 5.65 Å². The number of carboxylic acid groups (broad SMARTS) is 1. The van der Waals surface area contributed by atoms with Gasteiger partial charge in [0.05, 0.1) is 11.9 Å². The molecule has 2 rings (SSSR count). The lowest BCUT2D eigenvalue weighted by Crippen LogP contribution is -2.20. The zero-order chi connectivity index (χ0) is 11.0. The molecule has 0 aliphatic carbocycles. The number of carboxylic acids is 1. The molecule has 15 heavy (non-hydrogen) atoms. The van der Waals surface area contributed by atoms with Gasteiger partial charge in [0.25, 0.3) is 0 Å². The smallest absolute Gasteiger partial charge is 0.326 e. The number of carbonyl (C=O) groups is 1. The van der Waals surface area contributed by atoms with Crippen molar-refractivity contribution in [1.29, 1.82) is 0 Å². The molecule has 1 unspecified atom stereocenters. The number of imidazole rings is 1. The van der Waals surface area contributed by atoms with Crippen molar-refractivity contribution in [2.45, 2.75) is 6.04 Å². The molecule has 7 heteroatoms. The predicted octanol–water partition coefficient (Wildman–Crippen LogP) is 0.467. The Morgan fingerprint density at radius 1 is 1.60 bits per heavy atom. The zero-order valence-electron chi connectivity index (χ0n) is 7.46. The summed E-state index contributed by atoms with van der Waals surface area (Å²) in [6.07, 6.45) is 4.49. The Hall–Kier alpha value is -1.66. The average molecular weight is 227 g/mol. The summed E-state index contributed by atoms with van der Waals surface area (Å²) in [5.74, 6) is -1.13. The van der Waals surface area contributed by atoms with Crippen molar-refractivity contribution in [3.05, 3.63) is 29.4 Å². The van der Waals surface area contributed by atoms with Crippen LogP contribution in [0.4, 0.5) is 0 Å². The number of fused-ring (bicyclic) bond motifs is 1. The van der Waals surface area contributed by atoms with Crippen LogP contribution < -0.4 is 5.73 Å². The first-order chi connectivity index (χ1) is 7.08. The second kappa shape index (κ2) is 3.48. The van der Waals surface area contributed by atoms with Gasteiger partial charge >= 0.3 is 5.97 Å². The van der Waals surface area contributed by atoms with Crippen LogP contribution in [0.5, 0.6) is 0 Å². The summed E-state index contributed by atoms with van der Waals surface area (Å²) in [5.41, 5.74) is 6.19. The van der Waals surface area contributed by atoms with E-state index in [9.17, 15) is 4.79 Å². The predicted molar refractivity (Wildman–Crippen MR) is 52.6 cm³/mol. The third kappa shape index (κ3) is 1.77. The fourth-order valence-electron chi connectivity index (χ4n) is 1.17. The summed E-state index contributed by atoms with van der Waals surface area (Å²) < 4.78 is 1.58. The SMILES string of the molecule is NC(C(=O)O)c1cn2cc(Cl)ncc2n1. The Labute approximate surface area is 89.3 Å². The van der Waals surface area contributed by atoms with Crippen LogP contribution in [0, 0.1) is 0 Å². The molecule has 78 valence electrons. The van der Waals surface area contributed by atoms with Crippen LogP contribution in [0.3, 0.4) is 0 Å². The minimum Gasteiger partial charge on any atom is -0.480 e. The second-order valence-corrected chi connectivity index (χ2v) is 3.34. The lowest BCUT2D eigenvalue weighted by molar-refractivity contribution is -0.138. The molecule has 0 radical (unpaired) electrons. The van der Waals surface area contributed by atoms with Gasteiger partial charge in [-0.3, -0.25) is 4.79 Å². The van der Waals surface area contributed by atoms with Crippen molar-refractivity contribution in [1.82, 2.24) is 14.4 Å². The van der Waals surface area contributed by atoms with Gasteiger partial charge in [0.1, 0.15) is 11.2 Å². The molecular formula is C8H7ClN4O2. The van der Waals surface area contributed by atoms with Crippen molar-refractivity contribution >= 4 is 23.2 Å². The molecule has 6 nitrogen and oxygen atoms in total. The lowest BCUT2D eigenvalue weighted by Gasteiger charge is -1.99. The maximum atomic E-state index is 10.6. The van der Waals surface area contributed by atoms with Gasteiger partial charge < -0.3 is 15.2 Å². The highest BCUT2D eigenvalue weighted by Crippen LogP contribution is 2.12. The summed E-state index contributed by atoms with van der Waals surface area (Å²) in [7, 11) is 0. The van der Waals surface area contributed by atoms with Crippen molar-refractivity contribution in [3.63, 3.8) is 0 Å². The molecule has 1 atom stereocenters. The molecule has 0 saturated carbocycles. The molecule has 0 amide bonds. The third-order valence-electron chi connectivity index (χ3n) is 1.91. The van der Waals surface area contributed by atoms with Crippen LogP contribution in [0.2, 0.25) is 5.15 Å². The average Bonchev–Trinajstić information content (AvgIpc) is 2.58. The number of nitrogens with two attached hydrogens (primary N) is 1. The van der Waals surface area contributed by atoms with E-state index < -0.39 is 12.0 Å². The second-order valence-electron chi connectivity index (χ2n) is 2.96. The van der Waals surface area contributed by atoms with Crippen molar-refractivity contribution in [3.8, 4) is 0 Å². The number of hydrogen-bond donors (Lipinski definition) is 2. The lowest BCUT2D eigenvalue weighted by atomic mass is 10.2. The van der Waals surface area contributed by atoms with Gasteiger partial charge in [0, 0.05) is 12.4 Å². The van der Waals surface area contributed by atoms with Gasteiger partial charge in [-0.25, -0.2) is 9.97 Å². The number of nitrogens with zero attached hydrogens (tertiary/aromatic N) is 3. The maximum Gasteiger partial charge on any atom is 0.326 e. The summed E-state index contributed by atoms with van der Waals surface area (Å²) in [5, 5.41) is 9.00.